The number of fused-ring (bicyclic) bond motifs is 7. The van der Waals surface area contributed by atoms with Crippen LogP contribution in [0.2, 0.25) is 0 Å². The molecule has 37 heavy (non-hydrogen) atoms. The van der Waals surface area contributed by atoms with Gasteiger partial charge in [-0.05, 0) is 49.8 Å². The van der Waals surface area contributed by atoms with Crippen LogP contribution in [-0.2, 0) is 21.0 Å². The highest BCUT2D eigenvalue weighted by molar-refractivity contribution is 8.13. The average Bonchev–Trinajstić information content (AvgIpc) is 3.54. The Labute approximate surface area is 216 Å². The third kappa shape index (κ3) is 3.11. The molecule has 4 fully saturated rings. The summed E-state index contributed by atoms with van der Waals surface area (Å²) in [5, 5.41) is 12.7. The first-order valence-corrected chi connectivity index (χ1v) is 13.6. The number of ketones is 1. The lowest BCUT2D eigenvalue weighted by Gasteiger charge is -2.63. The maximum absolute atomic E-state index is 17.4. The lowest BCUT2D eigenvalue weighted by molar-refractivity contribution is -0.266. The second-order valence-electron chi connectivity index (χ2n) is 11.5. The molecule has 0 spiro atoms. The summed E-state index contributed by atoms with van der Waals surface area (Å²) < 4.78 is 46.5. The van der Waals surface area contributed by atoms with Gasteiger partial charge in [0.15, 0.2) is 17.1 Å². The molecule has 0 amide bonds. The number of H-pyrrole nitrogens is 1. The molecule has 11 heteroatoms. The summed E-state index contributed by atoms with van der Waals surface area (Å²) in [6, 6.07) is -0.938. The van der Waals surface area contributed by atoms with Crippen LogP contribution in [0.4, 0.5) is 13.2 Å². The quantitative estimate of drug-likeness (QED) is 0.606. The molecule has 9 atom stereocenters. The van der Waals surface area contributed by atoms with E-state index in [9.17, 15) is 19.1 Å². The molecular formula is C26H30F3N3O4S. The van der Waals surface area contributed by atoms with Crippen LogP contribution in [0.25, 0.3) is 0 Å². The number of alkyl halides is 3. The van der Waals surface area contributed by atoms with Crippen LogP contribution >= 0.6 is 11.8 Å². The summed E-state index contributed by atoms with van der Waals surface area (Å²) in [6.07, 6.45) is 4.00. The predicted molar refractivity (Wildman–Crippen MR) is 129 cm³/mol. The largest absolute Gasteiger partial charge is 0.390 e. The predicted octanol–water partition coefficient (Wildman–Crippen LogP) is 3.63. The zero-order valence-electron chi connectivity index (χ0n) is 20.6. The van der Waals surface area contributed by atoms with Crippen molar-refractivity contribution in [1.82, 2.24) is 15.0 Å². The Morgan fingerprint density at radius 1 is 1.35 bits per heavy atom. The number of aromatic amines is 1. The fourth-order valence-electron chi connectivity index (χ4n) is 8.46. The van der Waals surface area contributed by atoms with Crippen LogP contribution in [0, 0.1) is 28.6 Å². The molecule has 1 aliphatic heterocycles. The van der Waals surface area contributed by atoms with E-state index in [4.69, 9.17) is 4.84 Å². The number of nitrogens with one attached hydrogen (secondary N) is 1. The van der Waals surface area contributed by atoms with Crippen molar-refractivity contribution >= 4 is 22.7 Å². The summed E-state index contributed by atoms with van der Waals surface area (Å²) in [6.45, 7) is 3.96. The molecule has 0 aromatic carbocycles. The smallest absolute Gasteiger partial charge is 0.226 e. The molecule has 3 saturated carbocycles. The molecule has 6 rings (SSSR count). The van der Waals surface area contributed by atoms with Crippen molar-refractivity contribution in [3.63, 3.8) is 0 Å². The fourth-order valence-corrected chi connectivity index (χ4v) is 9.22. The van der Waals surface area contributed by atoms with Crippen molar-refractivity contribution in [2.75, 3.05) is 12.6 Å². The van der Waals surface area contributed by atoms with Gasteiger partial charge in [-0.3, -0.25) is 14.4 Å². The van der Waals surface area contributed by atoms with Crippen molar-refractivity contribution in [2.24, 2.45) is 28.6 Å². The molecule has 5 aliphatic rings. The first-order chi connectivity index (χ1) is 17.5. The second kappa shape index (κ2) is 8.27. The van der Waals surface area contributed by atoms with Gasteiger partial charge in [-0.2, -0.15) is 5.06 Å². The van der Waals surface area contributed by atoms with Crippen LogP contribution < -0.4 is 0 Å². The highest BCUT2D eigenvalue weighted by Crippen LogP contribution is 2.73. The number of carbonyl (C=O) groups excluding carboxylic acids is 2. The number of carbonyl (C=O) groups is 2. The van der Waals surface area contributed by atoms with Gasteiger partial charge in [0.1, 0.15) is 18.0 Å². The Morgan fingerprint density at radius 3 is 2.84 bits per heavy atom. The molecule has 1 saturated heterocycles. The summed E-state index contributed by atoms with van der Waals surface area (Å²) >= 11 is 0.520. The lowest BCUT2D eigenvalue weighted by atomic mass is 9.44. The molecule has 2 N–H and O–H groups in total. The molecule has 7 nitrogen and oxygen atoms in total. The Kier molecular flexibility index (Phi) is 5.66. The highest BCUT2D eigenvalue weighted by atomic mass is 32.2. The molecule has 1 aromatic rings. The normalized spacial score (nSPS) is 46.7. The van der Waals surface area contributed by atoms with Crippen molar-refractivity contribution in [2.45, 2.75) is 63.2 Å². The number of halogens is 3. The first kappa shape index (κ1) is 25.3. The van der Waals surface area contributed by atoms with Gasteiger partial charge in [0.2, 0.25) is 5.12 Å². The van der Waals surface area contributed by atoms with Gasteiger partial charge in [-0.25, -0.2) is 18.2 Å². The average molecular weight is 538 g/mol. The van der Waals surface area contributed by atoms with Gasteiger partial charge in [0, 0.05) is 41.6 Å². The van der Waals surface area contributed by atoms with E-state index in [0.29, 0.717) is 30.6 Å². The summed E-state index contributed by atoms with van der Waals surface area (Å²) in [7, 11) is 0. The van der Waals surface area contributed by atoms with Crippen LogP contribution in [0.3, 0.4) is 0 Å². The van der Waals surface area contributed by atoms with Gasteiger partial charge in [-0.1, -0.05) is 24.8 Å². The fraction of sp³-hybridized carbons (Fsp3) is 0.654. The minimum atomic E-state index is -2.24. The highest BCUT2D eigenvalue weighted by Gasteiger charge is 2.79. The molecule has 0 unspecified atom stereocenters. The summed E-state index contributed by atoms with van der Waals surface area (Å²) in [5.41, 5.74) is -6.25. The van der Waals surface area contributed by atoms with Crippen LogP contribution in [0.15, 0.2) is 36.2 Å². The van der Waals surface area contributed by atoms with Crippen LogP contribution in [-0.4, -0.2) is 67.1 Å². The number of aliphatic hydroxyl groups is 1. The molecule has 2 heterocycles. The Morgan fingerprint density at radius 2 is 2.14 bits per heavy atom. The number of allylic oxidation sites excluding steroid dienone is 4. The molecule has 0 radical (unpaired) electrons. The number of hydrogen-bond donors (Lipinski definition) is 2. The standard InChI is InChI=1S/C26H30F3N3O4S/c1-23-4-3-15(33)8-18(23)19(28)9-17-16-7-14-11-32(12-21-30-5-6-31-21)36-26(14,22(35)37-13-27)24(16,2)10-20(34)25(17,23)29/h3-6,8,14,16-17,19-20,34H,7,9-13H2,1-2H3,(H,30,31)/t14-,16-,17-,19-,20-,23-,24-,25-,26-/m0/s1. The minimum absolute atomic E-state index is 0.0549. The van der Waals surface area contributed by atoms with Gasteiger partial charge >= 0.3 is 0 Å². The van der Waals surface area contributed by atoms with Crippen molar-refractivity contribution < 1.29 is 32.7 Å². The number of rotatable bonds is 4. The second-order valence-corrected chi connectivity index (χ2v) is 12.4. The zero-order chi connectivity index (χ0) is 26.4. The molecule has 4 aliphatic carbocycles. The monoisotopic (exact) mass is 537 g/mol. The van der Waals surface area contributed by atoms with Gasteiger partial charge < -0.3 is 10.1 Å². The van der Waals surface area contributed by atoms with E-state index in [1.54, 1.807) is 31.3 Å². The Hall–Kier alpha value is -1.95. The van der Waals surface area contributed by atoms with E-state index >= 15 is 8.78 Å². The summed E-state index contributed by atoms with van der Waals surface area (Å²) in [4.78, 5) is 39.3. The number of thioether (sulfide) groups is 1. The Balaban J connectivity index is 1.42. The van der Waals surface area contributed by atoms with E-state index in [-0.39, 0.29) is 25.0 Å². The number of aromatic nitrogens is 2. The van der Waals surface area contributed by atoms with E-state index in [1.807, 2.05) is 0 Å². The number of aliphatic hydroxyl groups excluding tert-OH is 1. The minimum Gasteiger partial charge on any atom is -0.390 e. The van der Waals surface area contributed by atoms with Gasteiger partial charge in [-0.15, -0.1) is 0 Å². The maximum Gasteiger partial charge on any atom is 0.226 e. The van der Waals surface area contributed by atoms with Gasteiger partial charge in [0.05, 0.1) is 12.6 Å². The van der Waals surface area contributed by atoms with Crippen LogP contribution in [0.5, 0.6) is 0 Å². The molecule has 0 bridgehead atoms. The van der Waals surface area contributed by atoms with Crippen LogP contribution in [0.1, 0.15) is 38.9 Å². The zero-order valence-corrected chi connectivity index (χ0v) is 21.4. The molecule has 200 valence electrons. The lowest BCUT2D eigenvalue weighted by Crippen LogP contribution is -2.70. The number of hydroxylamine groups is 2. The number of hydrogen-bond acceptors (Lipinski definition) is 7. The van der Waals surface area contributed by atoms with Crippen molar-refractivity contribution in [1.29, 1.82) is 0 Å². The van der Waals surface area contributed by atoms with E-state index < -0.39 is 69.0 Å². The maximum atomic E-state index is 17.4. The van der Waals surface area contributed by atoms with Gasteiger partial charge in [0.25, 0.3) is 0 Å². The van der Waals surface area contributed by atoms with Crippen molar-refractivity contribution in [3.8, 4) is 0 Å². The third-order valence-corrected chi connectivity index (χ3v) is 10.7. The van der Waals surface area contributed by atoms with E-state index in [0.717, 1.165) is 6.08 Å². The molecule has 1 aromatic heterocycles. The Bertz CT molecular complexity index is 1200. The SMILES string of the molecule is C[C@]12C=CC(=O)C=C1[C@@H](F)C[C@H]1[C@@H]3C[C@H]4CN(Cc5ncc[nH]5)O[C@@]4(C(=O)SCF)[C@@]3(C)C[C@H](O)[C@@]12F. The summed E-state index contributed by atoms with van der Waals surface area (Å²) in [5.74, 6) is -1.59. The van der Waals surface area contributed by atoms with E-state index in [1.165, 1.54) is 12.2 Å². The molecular weight excluding hydrogens is 507 g/mol. The topological polar surface area (TPSA) is 95.5 Å². The van der Waals surface area contributed by atoms with Crippen molar-refractivity contribution in [3.05, 3.63) is 42.0 Å². The van der Waals surface area contributed by atoms with E-state index in [2.05, 4.69) is 9.97 Å². The number of imidazole rings is 1. The third-order valence-electron chi connectivity index (χ3n) is 10.0. The first-order valence-electron chi connectivity index (χ1n) is 12.6. The number of nitrogens with zero attached hydrogens (tertiary/aromatic N) is 2.